The number of rotatable bonds is 1. The van der Waals surface area contributed by atoms with Crippen molar-refractivity contribution in [3.05, 3.63) is 0 Å². The third kappa shape index (κ3) is 1.97. The van der Waals surface area contributed by atoms with E-state index >= 15 is 0 Å². The highest BCUT2D eigenvalue weighted by molar-refractivity contribution is 5.81. The van der Waals surface area contributed by atoms with Gasteiger partial charge >= 0.3 is 0 Å². The molecular formula is C9H18N2O. The standard InChI is InChI=1S/C9H18N2O/c1-6-7(5-10-6)11-8(12)9(2,3)4/h6-7,10H,5H2,1-4H3,(H,11,12)/t6-,7-/m0/s1. The second kappa shape index (κ2) is 3.05. The zero-order valence-electron chi connectivity index (χ0n) is 8.27. The maximum absolute atomic E-state index is 11.5. The summed E-state index contributed by atoms with van der Waals surface area (Å²) in [6.45, 7) is 8.78. The Morgan fingerprint density at radius 2 is 2.08 bits per heavy atom. The summed E-state index contributed by atoms with van der Waals surface area (Å²) in [5.74, 6) is 0.140. The molecule has 1 rings (SSSR count). The number of hydrogen-bond donors (Lipinski definition) is 2. The summed E-state index contributed by atoms with van der Waals surface area (Å²) in [7, 11) is 0. The van der Waals surface area contributed by atoms with E-state index in [1.165, 1.54) is 0 Å². The van der Waals surface area contributed by atoms with Gasteiger partial charge < -0.3 is 10.6 Å². The molecule has 0 spiro atoms. The van der Waals surface area contributed by atoms with Crippen molar-refractivity contribution in [2.45, 2.75) is 39.8 Å². The molecule has 0 unspecified atom stereocenters. The number of amides is 1. The monoisotopic (exact) mass is 170 g/mol. The minimum absolute atomic E-state index is 0.140. The van der Waals surface area contributed by atoms with Gasteiger partial charge in [-0.15, -0.1) is 0 Å². The molecule has 1 amide bonds. The zero-order valence-corrected chi connectivity index (χ0v) is 8.27. The van der Waals surface area contributed by atoms with E-state index in [-0.39, 0.29) is 11.3 Å². The summed E-state index contributed by atoms with van der Waals surface area (Å²) in [6, 6.07) is 0.757. The van der Waals surface area contributed by atoms with Gasteiger partial charge in [0.1, 0.15) is 0 Å². The average Bonchev–Trinajstić information content (AvgIpc) is 1.95. The molecule has 0 bridgehead atoms. The lowest BCUT2D eigenvalue weighted by Gasteiger charge is -2.37. The van der Waals surface area contributed by atoms with Crippen molar-refractivity contribution in [1.82, 2.24) is 10.6 Å². The normalized spacial score (nSPS) is 29.3. The van der Waals surface area contributed by atoms with Crippen LogP contribution in [0.2, 0.25) is 0 Å². The molecule has 0 aliphatic carbocycles. The first-order chi connectivity index (χ1) is 5.41. The van der Waals surface area contributed by atoms with Crippen LogP contribution in [0, 0.1) is 5.41 Å². The van der Waals surface area contributed by atoms with Gasteiger partial charge in [0.2, 0.25) is 5.91 Å². The molecule has 1 saturated heterocycles. The van der Waals surface area contributed by atoms with E-state index < -0.39 is 0 Å². The Bertz CT molecular complexity index is 183. The molecule has 12 heavy (non-hydrogen) atoms. The van der Waals surface area contributed by atoms with Crippen LogP contribution < -0.4 is 10.6 Å². The van der Waals surface area contributed by atoms with Gasteiger partial charge in [0.05, 0.1) is 6.04 Å². The van der Waals surface area contributed by atoms with Gasteiger partial charge in [-0.3, -0.25) is 4.79 Å². The van der Waals surface area contributed by atoms with Crippen molar-refractivity contribution in [3.8, 4) is 0 Å². The van der Waals surface area contributed by atoms with Crippen LogP contribution in [0.4, 0.5) is 0 Å². The van der Waals surface area contributed by atoms with E-state index in [9.17, 15) is 4.79 Å². The molecule has 70 valence electrons. The molecule has 0 aromatic rings. The summed E-state index contributed by atoms with van der Waals surface area (Å²) in [5.41, 5.74) is -0.269. The van der Waals surface area contributed by atoms with Crippen molar-refractivity contribution in [1.29, 1.82) is 0 Å². The molecule has 1 fully saturated rings. The SMILES string of the molecule is C[C@@H]1NC[C@@H]1NC(=O)C(C)(C)C. The minimum atomic E-state index is -0.269. The van der Waals surface area contributed by atoms with Crippen molar-refractivity contribution >= 4 is 5.91 Å². The maximum Gasteiger partial charge on any atom is 0.225 e. The molecule has 1 aliphatic rings. The Labute approximate surface area is 73.9 Å². The molecule has 2 atom stereocenters. The Morgan fingerprint density at radius 1 is 1.50 bits per heavy atom. The van der Waals surface area contributed by atoms with Crippen LogP contribution in [0.15, 0.2) is 0 Å². The van der Waals surface area contributed by atoms with Crippen LogP contribution in [0.25, 0.3) is 0 Å². The largest absolute Gasteiger partial charge is 0.350 e. The minimum Gasteiger partial charge on any atom is -0.350 e. The fraction of sp³-hybridized carbons (Fsp3) is 0.889. The van der Waals surface area contributed by atoms with Crippen molar-refractivity contribution < 1.29 is 4.79 Å². The molecule has 0 aromatic heterocycles. The lowest BCUT2D eigenvalue weighted by molar-refractivity contribution is -0.129. The molecular weight excluding hydrogens is 152 g/mol. The summed E-state index contributed by atoms with van der Waals surface area (Å²) >= 11 is 0. The van der Waals surface area contributed by atoms with Gasteiger partial charge in [-0.1, -0.05) is 20.8 Å². The first kappa shape index (κ1) is 9.52. The number of hydrogen-bond acceptors (Lipinski definition) is 2. The fourth-order valence-corrected chi connectivity index (χ4v) is 1.03. The molecule has 0 aromatic carbocycles. The Morgan fingerprint density at radius 3 is 2.33 bits per heavy atom. The van der Waals surface area contributed by atoms with Crippen LogP contribution in [0.3, 0.4) is 0 Å². The molecule has 1 aliphatic heterocycles. The van der Waals surface area contributed by atoms with E-state index in [0.29, 0.717) is 12.1 Å². The summed E-state index contributed by atoms with van der Waals surface area (Å²) in [6.07, 6.45) is 0. The van der Waals surface area contributed by atoms with Gasteiger partial charge in [-0.25, -0.2) is 0 Å². The van der Waals surface area contributed by atoms with Crippen molar-refractivity contribution in [2.24, 2.45) is 5.41 Å². The van der Waals surface area contributed by atoms with E-state index in [1.807, 2.05) is 20.8 Å². The maximum atomic E-state index is 11.5. The summed E-state index contributed by atoms with van der Waals surface area (Å²) in [4.78, 5) is 11.5. The van der Waals surface area contributed by atoms with E-state index in [0.717, 1.165) is 6.54 Å². The molecule has 3 heteroatoms. The highest BCUT2D eigenvalue weighted by Gasteiger charge is 2.31. The third-order valence-corrected chi connectivity index (χ3v) is 2.26. The highest BCUT2D eigenvalue weighted by atomic mass is 16.2. The van der Waals surface area contributed by atoms with Crippen LogP contribution in [0.5, 0.6) is 0 Å². The molecule has 3 nitrogen and oxygen atoms in total. The van der Waals surface area contributed by atoms with Crippen LogP contribution in [-0.2, 0) is 4.79 Å². The topological polar surface area (TPSA) is 41.1 Å². The Kier molecular flexibility index (Phi) is 2.42. The third-order valence-electron chi connectivity index (χ3n) is 2.26. The van der Waals surface area contributed by atoms with E-state index in [1.54, 1.807) is 0 Å². The summed E-state index contributed by atoms with van der Waals surface area (Å²) in [5, 5.41) is 6.21. The van der Waals surface area contributed by atoms with Gasteiger partial charge in [-0.2, -0.15) is 0 Å². The van der Waals surface area contributed by atoms with Gasteiger partial charge in [0.25, 0.3) is 0 Å². The fourth-order valence-electron chi connectivity index (χ4n) is 1.03. The smallest absolute Gasteiger partial charge is 0.225 e. The lowest BCUT2D eigenvalue weighted by Crippen LogP contribution is -2.64. The highest BCUT2D eigenvalue weighted by Crippen LogP contribution is 2.14. The average molecular weight is 170 g/mol. The van der Waals surface area contributed by atoms with Gasteiger partial charge in [0, 0.05) is 18.0 Å². The summed E-state index contributed by atoms with van der Waals surface area (Å²) < 4.78 is 0. The second-order valence-electron chi connectivity index (χ2n) is 4.53. The van der Waals surface area contributed by atoms with Crippen LogP contribution in [0.1, 0.15) is 27.7 Å². The number of carbonyl (C=O) groups is 1. The second-order valence-corrected chi connectivity index (χ2v) is 4.53. The van der Waals surface area contributed by atoms with E-state index in [4.69, 9.17) is 0 Å². The predicted octanol–water partition coefficient (Wildman–Crippen LogP) is 0.509. The Hall–Kier alpha value is -0.570. The molecule has 0 saturated carbocycles. The molecule has 2 N–H and O–H groups in total. The van der Waals surface area contributed by atoms with Gasteiger partial charge in [0.15, 0.2) is 0 Å². The quantitative estimate of drug-likeness (QED) is 0.602. The first-order valence-corrected chi connectivity index (χ1v) is 4.45. The van der Waals surface area contributed by atoms with E-state index in [2.05, 4.69) is 17.6 Å². The zero-order chi connectivity index (χ0) is 9.35. The molecule has 1 heterocycles. The van der Waals surface area contributed by atoms with Crippen molar-refractivity contribution in [3.63, 3.8) is 0 Å². The first-order valence-electron chi connectivity index (χ1n) is 4.45. The Balaban J connectivity index is 2.36. The van der Waals surface area contributed by atoms with Crippen molar-refractivity contribution in [2.75, 3.05) is 6.54 Å². The lowest BCUT2D eigenvalue weighted by atomic mass is 9.93. The number of carbonyl (C=O) groups excluding carboxylic acids is 1. The van der Waals surface area contributed by atoms with Gasteiger partial charge in [-0.05, 0) is 6.92 Å². The van der Waals surface area contributed by atoms with Crippen LogP contribution in [-0.4, -0.2) is 24.5 Å². The van der Waals surface area contributed by atoms with Crippen LogP contribution >= 0.6 is 0 Å². The number of nitrogens with one attached hydrogen (secondary N) is 2. The predicted molar refractivity (Wildman–Crippen MR) is 48.9 cm³/mol. The molecule has 0 radical (unpaired) electrons.